The lowest BCUT2D eigenvalue weighted by atomic mass is 9.80. The summed E-state index contributed by atoms with van der Waals surface area (Å²) in [7, 11) is 1.47. The van der Waals surface area contributed by atoms with Gasteiger partial charge in [-0.25, -0.2) is 9.97 Å². The Hall–Kier alpha value is -4.78. The van der Waals surface area contributed by atoms with Crippen LogP contribution in [-0.2, 0) is 7.05 Å². The number of nitriles is 1. The Morgan fingerprint density at radius 2 is 2.00 bits per heavy atom. The third kappa shape index (κ3) is 4.14. The summed E-state index contributed by atoms with van der Waals surface area (Å²) < 4.78 is 5.89. The summed E-state index contributed by atoms with van der Waals surface area (Å²) in [6.07, 6.45) is 4.02. The van der Waals surface area contributed by atoms with Crippen LogP contribution in [0, 0.1) is 11.3 Å². The number of pyridine rings is 1. The second-order valence-corrected chi connectivity index (χ2v) is 7.63. The Balaban J connectivity index is 1.86. The summed E-state index contributed by atoms with van der Waals surface area (Å²) in [6, 6.07) is 15.1. The Morgan fingerprint density at radius 1 is 1.24 bits per heavy atom. The van der Waals surface area contributed by atoms with Crippen LogP contribution in [0.3, 0.4) is 0 Å². The van der Waals surface area contributed by atoms with Crippen molar-refractivity contribution in [3.63, 3.8) is 0 Å². The van der Waals surface area contributed by atoms with Gasteiger partial charge in [0, 0.05) is 25.1 Å². The minimum absolute atomic E-state index is 0.248. The fraction of sp³-hybridized carbons (Fsp3) is 0.167. The van der Waals surface area contributed by atoms with E-state index in [-0.39, 0.29) is 17.2 Å². The third-order valence-electron chi connectivity index (χ3n) is 5.55. The summed E-state index contributed by atoms with van der Waals surface area (Å²) in [5, 5.41) is 26.0. The van der Waals surface area contributed by atoms with Crippen molar-refractivity contribution in [3.05, 3.63) is 99.8 Å². The van der Waals surface area contributed by atoms with Gasteiger partial charge in [0.2, 0.25) is 5.75 Å². The van der Waals surface area contributed by atoms with Crippen molar-refractivity contribution in [2.24, 2.45) is 7.05 Å². The first kappa shape index (κ1) is 22.4. The fourth-order valence-corrected chi connectivity index (χ4v) is 3.94. The normalized spacial score (nSPS) is 12.5. The Morgan fingerprint density at radius 3 is 2.68 bits per heavy atom. The van der Waals surface area contributed by atoms with Crippen LogP contribution in [0.15, 0.2) is 70.4 Å². The molecule has 3 aromatic heterocycles. The van der Waals surface area contributed by atoms with Crippen LogP contribution in [0.5, 0.6) is 5.75 Å². The van der Waals surface area contributed by atoms with Gasteiger partial charge < -0.3 is 14.9 Å². The van der Waals surface area contributed by atoms with Crippen LogP contribution in [0.2, 0.25) is 0 Å². The SMILES string of the molecule is C[C@H](c1nc(C(=O)Nc2cnoc2)c(O)c(=O)n1C)[C@@H](c1ccccc1)c1cccnc1C#N. The average Bonchev–Trinajstić information content (AvgIpc) is 3.36. The van der Waals surface area contributed by atoms with Crippen LogP contribution in [-0.4, -0.2) is 30.7 Å². The number of hydrogen-bond acceptors (Lipinski definition) is 8. The van der Waals surface area contributed by atoms with E-state index in [0.717, 1.165) is 5.56 Å². The van der Waals surface area contributed by atoms with Gasteiger partial charge in [-0.1, -0.05) is 48.5 Å². The van der Waals surface area contributed by atoms with Gasteiger partial charge in [0.1, 0.15) is 29.5 Å². The van der Waals surface area contributed by atoms with Crippen molar-refractivity contribution in [1.29, 1.82) is 5.26 Å². The Bertz CT molecular complexity index is 1420. The molecule has 0 radical (unpaired) electrons. The molecule has 0 aliphatic heterocycles. The molecule has 0 saturated heterocycles. The van der Waals surface area contributed by atoms with Gasteiger partial charge in [0.25, 0.3) is 11.5 Å². The van der Waals surface area contributed by atoms with Crippen molar-refractivity contribution in [2.45, 2.75) is 18.8 Å². The maximum atomic E-state index is 12.8. The number of aromatic hydroxyl groups is 1. The molecule has 0 bridgehead atoms. The molecule has 0 saturated carbocycles. The molecule has 0 spiro atoms. The lowest BCUT2D eigenvalue weighted by Crippen LogP contribution is -2.29. The number of amides is 1. The summed E-state index contributed by atoms with van der Waals surface area (Å²) in [5.41, 5.74) is 0.823. The number of carbonyl (C=O) groups is 1. The fourth-order valence-electron chi connectivity index (χ4n) is 3.94. The third-order valence-corrected chi connectivity index (χ3v) is 5.55. The zero-order valence-electron chi connectivity index (χ0n) is 18.3. The van der Waals surface area contributed by atoms with Gasteiger partial charge in [-0.15, -0.1) is 0 Å². The summed E-state index contributed by atoms with van der Waals surface area (Å²) in [6.45, 7) is 1.84. The first-order chi connectivity index (χ1) is 16.4. The van der Waals surface area contributed by atoms with E-state index in [1.165, 1.54) is 30.3 Å². The van der Waals surface area contributed by atoms with E-state index in [2.05, 4.69) is 26.5 Å². The lowest BCUT2D eigenvalue weighted by Gasteiger charge is -2.26. The molecule has 0 unspecified atom stereocenters. The predicted molar refractivity (Wildman–Crippen MR) is 121 cm³/mol. The van der Waals surface area contributed by atoms with Crippen molar-refractivity contribution in [1.82, 2.24) is 19.7 Å². The van der Waals surface area contributed by atoms with Crippen molar-refractivity contribution < 1.29 is 14.4 Å². The maximum Gasteiger partial charge on any atom is 0.296 e. The molecule has 0 fully saturated rings. The zero-order chi connectivity index (χ0) is 24.2. The number of nitrogens with zero attached hydrogens (tertiary/aromatic N) is 5. The highest BCUT2D eigenvalue weighted by Gasteiger charge is 2.30. The van der Waals surface area contributed by atoms with Gasteiger partial charge in [0.15, 0.2) is 5.69 Å². The number of hydrogen-bond donors (Lipinski definition) is 2. The summed E-state index contributed by atoms with van der Waals surface area (Å²) >= 11 is 0. The monoisotopic (exact) mass is 456 g/mol. The highest BCUT2D eigenvalue weighted by Crippen LogP contribution is 2.38. The molecule has 4 aromatic rings. The van der Waals surface area contributed by atoms with Crippen molar-refractivity contribution >= 4 is 11.6 Å². The van der Waals surface area contributed by atoms with E-state index in [1.807, 2.05) is 37.3 Å². The minimum Gasteiger partial charge on any atom is -0.501 e. The molecule has 0 aliphatic carbocycles. The van der Waals surface area contributed by atoms with E-state index in [0.29, 0.717) is 5.56 Å². The van der Waals surface area contributed by atoms with Crippen LogP contribution in [0.4, 0.5) is 5.69 Å². The Kier molecular flexibility index (Phi) is 6.18. The van der Waals surface area contributed by atoms with Crippen LogP contribution >= 0.6 is 0 Å². The molecule has 34 heavy (non-hydrogen) atoms. The molecule has 1 aromatic carbocycles. The Labute approximate surface area is 194 Å². The second kappa shape index (κ2) is 9.38. The molecular weight excluding hydrogens is 436 g/mol. The number of benzene rings is 1. The number of carbonyl (C=O) groups excluding carboxylic acids is 1. The summed E-state index contributed by atoms with van der Waals surface area (Å²) in [4.78, 5) is 34.2. The number of nitrogens with one attached hydrogen (secondary N) is 1. The van der Waals surface area contributed by atoms with Gasteiger partial charge in [0.05, 0.1) is 6.20 Å². The second-order valence-electron chi connectivity index (χ2n) is 7.63. The van der Waals surface area contributed by atoms with Gasteiger partial charge in [-0.05, 0) is 17.2 Å². The smallest absolute Gasteiger partial charge is 0.296 e. The van der Waals surface area contributed by atoms with Crippen LogP contribution in [0.1, 0.15) is 51.9 Å². The zero-order valence-corrected chi connectivity index (χ0v) is 18.3. The topological polar surface area (TPSA) is 147 Å². The van der Waals surface area contributed by atoms with E-state index >= 15 is 0 Å². The van der Waals surface area contributed by atoms with Crippen molar-refractivity contribution in [2.75, 3.05) is 5.32 Å². The molecule has 4 rings (SSSR count). The predicted octanol–water partition coefficient (Wildman–Crippen LogP) is 2.93. The molecule has 0 aliphatic rings. The molecular formula is C24H20N6O4. The number of aromatic nitrogens is 4. The molecule has 10 nitrogen and oxygen atoms in total. The van der Waals surface area contributed by atoms with Crippen LogP contribution in [0.25, 0.3) is 0 Å². The largest absolute Gasteiger partial charge is 0.501 e. The molecule has 1 amide bonds. The van der Waals surface area contributed by atoms with Gasteiger partial charge >= 0.3 is 0 Å². The molecule has 2 N–H and O–H groups in total. The van der Waals surface area contributed by atoms with Gasteiger partial charge in [-0.2, -0.15) is 5.26 Å². The average molecular weight is 456 g/mol. The first-order valence-corrected chi connectivity index (χ1v) is 10.3. The molecule has 2 atom stereocenters. The highest BCUT2D eigenvalue weighted by molar-refractivity contribution is 6.04. The number of anilines is 1. The van der Waals surface area contributed by atoms with Crippen LogP contribution < -0.4 is 10.9 Å². The van der Waals surface area contributed by atoms with E-state index < -0.39 is 34.7 Å². The van der Waals surface area contributed by atoms with Crippen molar-refractivity contribution in [3.8, 4) is 11.8 Å². The van der Waals surface area contributed by atoms with E-state index in [9.17, 15) is 20.0 Å². The minimum atomic E-state index is -0.790. The lowest BCUT2D eigenvalue weighted by molar-refractivity contribution is 0.101. The van der Waals surface area contributed by atoms with Gasteiger partial charge in [-0.3, -0.25) is 14.2 Å². The molecule has 3 heterocycles. The molecule has 170 valence electrons. The standard InChI is InChI=1S/C24H20N6O4/c1-14(19(15-7-4-3-5-8-15)17-9-6-10-26-18(17)11-25)22-29-20(21(31)24(33)30(22)2)23(32)28-16-12-27-34-13-16/h3-10,12-14,19,31H,1-2H3,(H,28,32)/t14-,19-/m0/s1. The highest BCUT2D eigenvalue weighted by atomic mass is 16.5. The quantitative estimate of drug-likeness (QED) is 0.450. The maximum absolute atomic E-state index is 12.8. The van der Waals surface area contributed by atoms with E-state index in [4.69, 9.17) is 4.52 Å². The first-order valence-electron chi connectivity index (χ1n) is 10.3. The summed E-state index contributed by atoms with van der Waals surface area (Å²) in [5.74, 6) is -2.22. The van der Waals surface area contributed by atoms with E-state index in [1.54, 1.807) is 12.1 Å². The number of rotatable bonds is 6. The molecule has 10 heteroatoms.